The highest BCUT2D eigenvalue weighted by Gasteiger charge is 2.39. The van der Waals surface area contributed by atoms with E-state index < -0.39 is 0 Å². The summed E-state index contributed by atoms with van der Waals surface area (Å²) in [6, 6.07) is 0.397. The fraction of sp³-hybridized carbons (Fsp3) is 0.824. The van der Waals surface area contributed by atoms with Gasteiger partial charge in [0, 0.05) is 6.54 Å². The van der Waals surface area contributed by atoms with Gasteiger partial charge >= 0.3 is 0 Å². The molecule has 0 saturated heterocycles. The first kappa shape index (κ1) is 17.0. The van der Waals surface area contributed by atoms with Crippen molar-refractivity contribution in [3.63, 3.8) is 0 Å². The van der Waals surface area contributed by atoms with Crippen molar-refractivity contribution in [1.29, 1.82) is 0 Å². The molecule has 2 unspecified atom stereocenters. The first-order valence-corrected chi connectivity index (χ1v) is 9.25. The molecule has 1 aromatic heterocycles. The Morgan fingerprint density at radius 2 is 2.19 bits per heavy atom. The first-order valence-electron chi connectivity index (χ1n) is 8.45. The maximum absolute atomic E-state index is 4.58. The van der Waals surface area contributed by atoms with Gasteiger partial charge in [0.2, 0.25) is 0 Å². The Bertz CT molecular complexity index is 453. The summed E-state index contributed by atoms with van der Waals surface area (Å²) in [5.41, 5.74) is 1.74. The average molecular weight is 356 g/mol. The fourth-order valence-electron chi connectivity index (χ4n) is 3.86. The summed E-state index contributed by atoms with van der Waals surface area (Å²) in [5, 5.41) is 8.34. The van der Waals surface area contributed by atoms with Gasteiger partial charge < -0.3 is 5.32 Å². The second-order valence-electron chi connectivity index (χ2n) is 6.98. The summed E-state index contributed by atoms with van der Waals surface area (Å²) >= 11 is 3.74. The molecule has 0 spiro atoms. The van der Waals surface area contributed by atoms with E-state index in [1.165, 1.54) is 31.4 Å². The molecule has 1 heterocycles. The Morgan fingerprint density at radius 3 is 2.81 bits per heavy atom. The normalized spacial score (nSPS) is 23.2. The van der Waals surface area contributed by atoms with Crippen LogP contribution in [0.2, 0.25) is 0 Å². The summed E-state index contributed by atoms with van der Waals surface area (Å²) in [6.07, 6.45) is 8.46. The van der Waals surface area contributed by atoms with Gasteiger partial charge in [-0.1, -0.05) is 40.5 Å². The second-order valence-corrected chi connectivity index (χ2v) is 7.83. The van der Waals surface area contributed by atoms with Crippen molar-refractivity contribution in [3.8, 4) is 0 Å². The molecule has 1 aliphatic rings. The van der Waals surface area contributed by atoms with Crippen LogP contribution in [0.25, 0.3) is 0 Å². The lowest BCUT2D eigenvalue weighted by Gasteiger charge is -2.43. The van der Waals surface area contributed by atoms with Crippen LogP contribution in [-0.4, -0.2) is 16.3 Å². The molecule has 0 aromatic carbocycles. The van der Waals surface area contributed by atoms with Crippen LogP contribution in [-0.2, 0) is 6.54 Å². The Morgan fingerprint density at radius 1 is 1.43 bits per heavy atom. The molecule has 1 N–H and O–H groups in total. The molecule has 21 heavy (non-hydrogen) atoms. The quantitative estimate of drug-likeness (QED) is 0.784. The lowest BCUT2D eigenvalue weighted by molar-refractivity contribution is 0.0950. The average Bonchev–Trinajstić information content (AvgIpc) is 2.78. The van der Waals surface area contributed by atoms with Crippen molar-refractivity contribution in [2.45, 2.75) is 72.4 Å². The van der Waals surface area contributed by atoms with Crippen LogP contribution in [0.5, 0.6) is 0 Å². The SMILES string of the molecule is CCCn1ncc(Br)c1C(NCC)C1CCCCC1(C)C. The minimum absolute atomic E-state index is 0.395. The van der Waals surface area contributed by atoms with Crippen molar-refractivity contribution < 1.29 is 0 Å². The number of hydrogen-bond acceptors (Lipinski definition) is 2. The molecule has 120 valence electrons. The molecule has 1 saturated carbocycles. The number of rotatable bonds is 6. The monoisotopic (exact) mass is 355 g/mol. The highest BCUT2D eigenvalue weighted by molar-refractivity contribution is 9.10. The zero-order chi connectivity index (χ0) is 15.5. The van der Waals surface area contributed by atoms with Gasteiger partial charge in [0.05, 0.1) is 22.4 Å². The summed E-state index contributed by atoms with van der Waals surface area (Å²) in [4.78, 5) is 0. The van der Waals surface area contributed by atoms with Gasteiger partial charge in [-0.2, -0.15) is 5.10 Å². The van der Waals surface area contributed by atoms with Crippen LogP contribution >= 0.6 is 15.9 Å². The highest BCUT2D eigenvalue weighted by atomic mass is 79.9. The molecule has 4 heteroatoms. The molecule has 0 amide bonds. The minimum atomic E-state index is 0.395. The van der Waals surface area contributed by atoms with E-state index in [0.29, 0.717) is 17.4 Å². The van der Waals surface area contributed by atoms with Crippen LogP contribution in [0.1, 0.15) is 71.5 Å². The third-order valence-corrected chi connectivity index (χ3v) is 5.59. The highest BCUT2D eigenvalue weighted by Crippen LogP contribution is 2.47. The maximum Gasteiger partial charge on any atom is 0.0698 e. The van der Waals surface area contributed by atoms with E-state index in [1.54, 1.807) is 0 Å². The standard InChI is InChI=1S/C17H30BrN3/c1-5-11-21-16(14(18)12-20-21)15(19-6-2)13-9-7-8-10-17(13,3)4/h12-13,15,19H,5-11H2,1-4H3. The van der Waals surface area contributed by atoms with E-state index in [4.69, 9.17) is 0 Å². The van der Waals surface area contributed by atoms with E-state index in [1.807, 2.05) is 6.20 Å². The van der Waals surface area contributed by atoms with E-state index in [9.17, 15) is 0 Å². The summed E-state index contributed by atoms with van der Waals surface area (Å²) < 4.78 is 3.35. The second kappa shape index (κ2) is 7.28. The van der Waals surface area contributed by atoms with Crippen molar-refractivity contribution in [2.24, 2.45) is 11.3 Å². The van der Waals surface area contributed by atoms with Gasteiger partial charge in [-0.3, -0.25) is 4.68 Å². The number of nitrogens with zero attached hydrogens (tertiary/aromatic N) is 2. The Balaban J connectivity index is 2.36. The largest absolute Gasteiger partial charge is 0.309 e. The van der Waals surface area contributed by atoms with E-state index >= 15 is 0 Å². The van der Waals surface area contributed by atoms with Crippen LogP contribution in [0, 0.1) is 11.3 Å². The number of aryl methyl sites for hydroxylation is 1. The number of aromatic nitrogens is 2. The van der Waals surface area contributed by atoms with Crippen molar-refractivity contribution in [2.75, 3.05) is 6.54 Å². The summed E-state index contributed by atoms with van der Waals surface area (Å²) in [6.45, 7) is 11.3. The molecular formula is C17H30BrN3. The van der Waals surface area contributed by atoms with Crippen molar-refractivity contribution in [3.05, 3.63) is 16.4 Å². The fourth-order valence-corrected chi connectivity index (χ4v) is 4.40. The van der Waals surface area contributed by atoms with Gasteiger partial charge in [0.15, 0.2) is 0 Å². The van der Waals surface area contributed by atoms with Crippen molar-refractivity contribution >= 4 is 15.9 Å². The van der Waals surface area contributed by atoms with Crippen LogP contribution in [0.3, 0.4) is 0 Å². The molecule has 0 radical (unpaired) electrons. The number of nitrogens with one attached hydrogen (secondary N) is 1. The predicted molar refractivity (Wildman–Crippen MR) is 92.4 cm³/mol. The zero-order valence-electron chi connectivity index (χ0n) is 14.0. The summed E-state index contributed by atoms with van der Waals surface area (Å²) in [7, 11) is 0. The topological polar surface area (TPSA) is 29.9 Å². The zero-order valence-corrected chi connectivity index (χ0v) is 15.5. The van der Waals surface area contributed by atoms with Gasteiger partial charge in [-0.25, -0.2) is 0 Å². The number of halogens is 1. The minimum Gasteiger partial charge on any atom is -0.309 e. The van der Waals surface area contributed by atoms with E-state index in [-0.39, 0.29) is 0 Å². The molecular weight excluding hydrogens is 326 g/mol. The van der Waals surface area contributed by atoms with Gasteiger partial charge in [-0.15, -0.1) is 0 Å². The molecule has 0 aliphatic heterocycles. The molecule has 1 aliphatic carbocycles. The third kappa shape index (κ3) is 3.70. The lowest BCUT2D eigenvalue weighted by Crippen LogP contribution is -2.40. The Labute approximate surface area is 138 Å². The van der Waals surface area contributed by atoms with Gasteiger partial charge in [0.25, 0.3) is 0 Å². The third-order valence-electron chi connectivity index (χ3n) is 4.98. The molecule has 3 nitrogen and oxygen atoms in total. The van der Waals surface area contributed by atoms with Crippen LogP contribution < -0.4 is 5.32 Å². The summed E-state index contributed by atoms with van der Waals surface area (Å²) in [5.74, 6) is 0.676. The van der Waals surface area contributed by atoms with Gasteiger partial charge in [-0.05, 0) is 53.1 Å². The Kier molecular flexibility index (Phi) is 5.89. The predicted octanol–water partition coefficient (Wildman–Crippen LogP) is 4.92. The molecule has 2 atom stereocenters. The van der Waals surface area contributed by atoms with Crippen LogP contribution in [0.4, 0.5) is 0 Å². The molecule has 1 aromatic rings. The lowest BCUT2D eigenvalue weighted by atomic mass is 9.65. The van der Waals surface area contributed by atoms with E-state index in [2.05, 4.69) is 58.7 Å². The van der Waals surface area contributed by atoms with Crippen LogP contribution in [0.15, 0.2) is 10.7 Å². The van der Waals surface area contributed by atoms with E-state index in [0.717, 1.165) is 24.0 Å². The molecule has 2 rings (SSSR count). The number of hydrogen-bond donors (Lipinski definition) is 1. The molecule has 1 fully saturated rings. The van der Waals surface area contributed by atoms with Gasteiger partial charge in [0.1, 0.15) is 0 Å². The molecule has 0 bridgehead atoms. The maximum atomic E-state index is 4.58. The Hall–Kier alpha value is -0.350. The van der Waals surface area contributed by atoms with Crippen molar-refractivity contribution in [1.82, 2.24) is 15.1 Å². The smallest absolute Gasteiger partial charge is 0.0698 e. The first-order chi connectivity index (χ1) is 10.0.